The molecule has 1 amide bonds. The molecule has 1 fully saturated rings. The first-order valence-electron chi connectivity index (χ1n) is 8.40. The SMILES string of the molecule is CCN(Cc1ccccc1)CC1CCCN(C(=O)C(C)N)C1. The summed E-state index contributed by atoms with van der Waals surface area (Å²) in [5.74, 6) is 0.649. The summed E-state index contributed by atoms with van der Waals surface area (Å²) in [5, 5.41) is 0. The lowest BCUT2D eigenvalue weighted by Crippen LogP contribution is -2.48. The van der Waals surface area contributed by atoms with Gasteiger partial charge in [0, 0.05) is 26.2 Å². The van der Waals surface area contributed by atoms with E-state index in [4.69, 9.17) is 5.73 Å². The summed E-state index contributed by atoms with van der Waals surface area (Å²) in [6, 6.07) is 10.2. The van der Waals surface area contributed by atoms with E-state index in [0.717, 1.165) is 39.1 Å². The van der Waals surface area contributed by atoms with E-state index in [1.54, 1.807) is 6.92 Å². The average molecular weight is 303 g/mol. The van der Waals surface area contributed by atoms with Crippen molar-refractivity contribution in [3.05, 3.63) is 35.9 Å². The predicted molar refractivity (Wildman–Crippen MR) is 90.3 cm³/mol. The maximum Gasteiger partial charge on any atom is 0.239 e. The van der Waals surface area contributed by atoms with Crippen molar-refractivity contribution in [3.63, 3.8) is 0 Å². The number of nitrogens with two attached hydrogens (primary N) is 1. The van der Waals surface area contributed by atoms with Crippen molar-refractivity contribution in [3.8, 4) is 0 Å². The van der Waals surface area contributed by atoms with E-state index in [2.05, 4.69) is 42.2 Å². The summed E-state index contributed by atoms with van der Waals surface area (Å²) < 4.78 is 0. The largest absolute Gasteiger partial charge is 0.341 e. The molecule has 2 N–H and O–H groups in total. The third-order valence-electron chi connectivity index (χ3n) is 4.43. The Kier molecular flexibility index (Phi) is 6.40. The van der Waals surface area contributed by atoms with Crippen molar-refractivity contribution in [2.45, 2.75) is 39.3 Å². The van der Waals surface area contributed by atoms with Crippen molar-refractivity contribution in [2.24, 2.45) is 11.7 Å². The number of piperidine rings is 1. The highest BCUT2D eigenvalue weighted by Gasteiger charge is 2.26. The number of benzene rings is 1. The maximum absolute atomic E-state index is 12.1. The quantitative estimate of drug-likeness (QED) is 0.875. The van der Waals surface area contributed by atoms with Gasteiger partial charge in [0.05, 0.1) is 6.04 Å². The standard InChI is InChI=1S/C18H29N3O/c1-3-20(12-16-8-5-4-6-9-16)13-17-10-7-11-21(14-17)18(22)15(2)19/h4-6,8-9,15,17H,3,7,10-14,19H2,1-2H3. The van der Waals surface area contributed by atoms with Crippen LogP contribution in [0.1, 0.15) is 32.3 Å². The lowest BCUT2D eigenvalue weighted by Gasteiger charge is -2.36. The molecule has 22 heavy (non-hydrogen) atoms. The monoisotopic (exact) mass is 303 g/mol. The number of carbonyl (C=O) groups is 1. The summed E-state index contributed by atoms with van der Waals surface area (Å²) >= 11 is 0. The number of hydrogen-bond donors (Lipinski definition) is 1. The van der Waals surface area contributed by atoms with Crippen molar-refractivity contribution in [1.29, 1.82) is 0 Å². The molecule has 1 aromatic rings. The van der Waals surface area contributed by atoms with Crippen LogP contribution in [-0.4, -0.2) is 47.9 Å². The fourth-order valence-electron chi connectivity index (χ4n) is 3.21. The van der Waals surface area contributed by atoms with E-state index in [1.807, 2.05) is 4.90 Å². The minimum absolute atomic E-state index is 0.0933. The van der Waals surface area contributed by atoms with E-state index >= 15 is 0 Å². The Morgan fingerprint density at radius 3 is 2.77 bits per heavy atom. The van der Waals surface area contributed by atoms with Crippen molar-refractivity contribution in [1.82, 2.24) is 9.80 Å². The van der Waals surface area contributed by atoms with Crippen molar-refractivity contribution < 1.29 is 4.79 Å². The summed E-state index contributed by atoms with van der Waals surface area (Å²) in [4.78, 5) is 16.5. The maximum atomic E-state index is 12.1. The molecule has 0 spiro atoms. The Morgan fingerprint density at radius 2 is 2.14 bits per heavy atom. The van der Waals surface area contributed by atoms with Crippen LogP contribution in [0.4, 0.5) is 0 Å². The molecule has 1 aromatic carbocycles. The van der Waals surface area contributed by atoms with Gasteiger partial charge in [-0.05, 0) is 37.8 Å². The molecule has 2 atom stereocenters. The number of hydrogen-bond acceptors (Lipinski definition) is 3. The van der Waals surface area contributed by atoms with Crippen LogP contribution in [-0.2, 0) is 11.3 Å². The normalized spacial score (nSPS) is 20.2. The molecule has 2 rings (SSSR count). The van der Waals surface area contributed by atoms with Gasteiger partial charge in [0.2, 0.25) is 5.91 Å². The smallest absolute Gasteiger partial charge is 0.239 e. The first-order valence-corrected chi connectivity index (χ1v) is 8.40. The third kappa shape index (κ3) is 4.82. The molecule has 1 saturated heterocycles. The topological polar surface area (TPSA) is 49.6 Å². The number of nitrogens with zero attached hydrogens (tertiary/aromatic N) is 2. The van der Waals surface area contributed by atoms with Gasteiger partial charge in [-0.15, -0.1) is 0 Å². The Hall–Kier alpha value is -1.39. The summed E-state index contributed by atoms with van der Waals surface area (Å²) in [6.07, 6.45) is 2.29. The molecule has 4 heteroatoms. The van der Waals surface area contributed by atoms with Crippen molar-refractivity contribution in [2.75, 3.05) is 26.2 Å². The zero-order valence-electron chi connectivity index (χ0n) is 13.9. The van der Waals surface area contributed by atoms with Gasteiger partial charge in [-0.25, -0.2) is 0 Å². The molecule has 1 aliphatic rings. The Balaban J connectivity index is 1.89. The predicted octanol–water partition coefficient (Wildman–Crippen LogP) is 2.09. The van der Waals surface area contributed by atoms with E-state index < -0.39 is 0 Å². The molecule has 0 aromatic heterocycles. The third-order valence-corrected chi connectivity index (χ3v) is 4.43. The van der Waals surface area contributed by atoms with Gasteiger partial charge >= 0.3 is 0 Å². The highest BCUT2D eigenvalue weighted by Crippen LogP contribution is 2.19. The molecular formula is C18H29N3O. The average Bonchev–Trinajstić information content (AvgIpc) is 2.54. The second-order valence-corrected chi connectivity index (χ2v) is 6.39. The molecule has 1 aliphatic heterocycles. The van der Waals surface area contributed by atoms with Gasteiger partial charge in [-0.3, -0.25) is 9.69 Å². The number of likely N-dealkylation sites (tertiary alicyclic amines) is 1. The fourth-order valence-corrected chi connectivity index (χ4v) is 3.21. The highest BCUT2D eigenvalue weighted by molar-refractivity contribution is 5.81. The summed E-state index contributed by atoms with van der Waals surface area (Å²) in [7, 11) is 0. The van der Waals surface area contributed by atoms with Crippen LogP contribution < -0.4 is 5.73 Å². The molecule has 1 heterocycles. The van der Waals surface area contributed by atoms with Gasteiger partial charge in [0.15, 0.2) is 0 Å². The van der Waals surface area contributed by atoms with E-state index in [0.29, 0.717) is 5.92 Å². The van der Waals surface area contributed by atoms with Crippen LogP contribution in [0, 0.1) is 5.92 Å². The fraction of sp³-hybridized carbons (Fsp3) is 0.611. The van der Waals surface area contributed by atoms with Crippen LogP contribution in [0.15, 0.2) is 30.3 Å². The van der Waals surface area contributed by atoms with Crippen LogP contribution in [0.3, 0.4) is 0 Å². The van der Waals surface area contributed by atoms with Gasteiger partial charge in [-0.1, -0.05) is 37.3 Å². The Morgan fingerprint density at radius 1 is 1.41 bits per heavy atom. The van der Waals surface area contributed by atoms with Crippen molar-refractivity contribution >= 4 is 5.91 Å². The van der Waals surface area contributed by atoms with Gasteiger partial charge in [0.25, 0.3) is 0 Å². The molecule has 122 valence electrons. The second kappa shape index (κ2) is 8.30. The molecule has 4 nitrogen and oxygen atoms in total. The van der Waals surface area contributed by atoms with Crippen LogP contribution in [0.2, 0.25) is 0 Å². The molecule has 0 saturated carbocycles. The Bertz CT molecular complexity index is 461. The van der Waals surface area contributed by atoms with Crippen LogP contribution >= 0.6 is 0 Å². The van der Waals surface area contributed by atoms with E-state index in [1.165, 1.54) is 12.0 Å². The molecule has 0 bridgehead atoms. The van der Waals surface area contributed by atoms with Gasteiger partial charge in [-0.2, -0.15) is 0 Å². The molecule has 0 aliphatic carbocycles. The zero-order valence-corrected chi connectivity index (χ0v) is 13.9. The number of amides is 1. The number of rotatable bonds is 6. The lowest BCUT2D eigenvalue weighted by atomic mass is 9.96. The van der Waals surface area contributed by atoms with Crippen LogP contribution in [0.5, 0.6) is 0 Å². The molecule has 2 unspecified atom stereocenters. The van der Waals surface area contributed by atoms with E-state index in [-0.39, 0.29) is 11.9 Å². The summed E-state index contributed by atoms with van der Waals surface area (Å²) in [5.41, 5.74) is 7.09. The lowest BCUT2D eigenvalue weighted by molar-refractivity contribution is -0.134. The first kappa shape index (κ1) is 17.0. The van der Waals surface area contributed by atoms with Crippen LogP contribution in [0.25, 0.3) is 0 Å². The Labute approximate surface area is 134 Å². The first-order chi connectivity index (χ1) is 10.6. The molecule has 0 radical (unpaired) electrons. The highest BCUT2D eigenvalue weighted by atomic mass is 16.2. The van der Waals surface area contributed by atoms with Gasteiger partial charge in [0.1, 0.15) is 0 Å². The minimum Gasteiger partial charge on any atom is -0.341 e. The zero-order chi connectivity index (χ0) is 15.9. The summed E-state index contributed by atoms with van der Waals surface area (Å²) in [6.45, 7) is 8.76. The number of carbonyl (C=O) groups excluding carboxylic acids is 1. The van der Waals surface area contributed by atoms with Gasteiger partial charge < -0.3 is 10.6 Å². The second-order valence-electron chi connectivity index (χ2n) is 6.39. The minimum atomic E-state index is -0.384. The van der Waals surface area contributed by atoms with E-state index in [9.17, 15) is 4.79 Å². The molecular weight excluding hydrogens is 274 g/mol.